The highest BCUT2D eigenvalue weighted by atomic mass is 79.9. The standard InChI is InChI=1S/C28H26BrClF3N5O/c29-18-6-5-17(25(15-18)39-28(31,32)33)16-34-20-11-13-22(14-12-20)36-27-37-24-4-2-1-3-23(24)26(38-27)35-21-9-7-19(30)8-10-21/h1-10,15,20,22,34H,11-14,16H2,(H2,35,36,37,38)/t20-,22+. The van der Waals surface area contributed by atoms with Crippen molar-refractivity contribution >= 4 is 55.9 Å². The summed E-state index contributed by atoms with van der Waals surface area (Å²) in [6.45, 7) is 0.287. The van der Waals surface area contributed by atoms with Crippen LogP contribution in [0.5, 0.6) is 5.75 Å². The zero-order chi connectivity index (χ0) is 27.4. The second kappa shape index (κ2) is 12.0. The van der Waals surface area contributed by atoms with Crippen LogP contribution in [0.15, 0.2) is 71.2 Å². The van der Waals surface area contributed by atoms with Gasteiger partial charge >= 0.3 is 6.36 Å². The second-order valence-electron chi connectivity index (χ2n) is 9.42. The highest BCUT2D eigenvalue weighted by molar-refractivity contribution is 9.10. The van der Waals surface area contributed by atoms with Gasteiger partial charge in [0.2, 0.25) is 5.95 Å². The number of nitrogens with one attached hydrogen (secondary N) is 3. The Morgan fingerprint density at radius 1 is 0.923 bits per heavy atom. The Kier molecular flexibility index (Phi) is 8.44. The van der Waals surface area contributed by atoms with Gasteiger partial charge in [0, 0.05) is 44.8 Å². The van der Waals surface area contributed by atoms with Gasteiger partial charge in [0.15, 0.2) is 0 Å². The molecule has 3 N–H and O–H groups in total. The van der Waals surface area contributed by atoms with E-state index in [0.717, 1.165) is 42.3 Å². The summed E-state index contributed by atoms with van der Waals surface area (Å²) in [4.78, 5) is 9.48. The number of benzene rings is 3. The number of para-hydroxylation sites is 1. The van der Waals surface area contributed by atoms with Crippen LogP contribution in [0.4, 0.5) is 30.6 Å². The van der Waals surface area contributed by atoms with Gasteiger partial charge in [-0.1, -0.05) is 45.7 Å². The molecule has 1 saturated carbocycles. The molecule has 4 aromatic rings. The number of rotatable bonds is 8. The minimum Gasteiger partial charge on any atom is -0.405 e. The number of alkyl halides is 3. The van der Waals surface area contributed by atoms with Gasteiger partial charge in [-0.2, -0.15) is 4.98 Å². The first-order valence-corrected chi connectivity index (χ1v) is 13.7. The average molecular weight is 621 g/mol. The third kappa shape index (κ3) is 7.52. The maximum absolute atomic E-state index is 12.8. The lowest BCUT2D eigenvalue weighted by molar-refractivity contribution is -0.274. The molecule has 5 rings (SSSR count). The Balaban J connectivity index is 1.20. The third-order valence-corrected chi connectivity index (χ3v) is 7.35. The van der Waals surface area contributed by atoms with E-state index in [1.165, 1.54) is 6.07 Å². The normalized spacial score (nSPS) is 17.7. The first-order chi connectivity index (χ1) is 18.7. The molecule has 204 valence electrons. The number of anilines is 3. The van der Waals surface area contributed by atoms with Crippen LogP contribution in [0.2, 0.25) is 5.02 Å². The first-order valence-electron chi connectivity index (χ1n) is 12.6. The quantitative estimate of drug-likeness (QED) is 0.185. The Hall–Kier alpha value is -3.08. The van der Waals surface area contributed by atoms with Crippen molar-refractivity contribution in [3.05, 3.63) is 81.8 Å². The van der Waals surface area contributed by atoms with E-state index in [0.29, 0.717) is 26.8 Å². The molecule has 0 bridgehead atoms. The smallest absolute Gasteiger partial charge is 0.405 e. The number of hydrogen-bond donors (Lipinski definition) is 3. The molecule has 11 heteroatoms. The van der Waals surface area contributed by atoms with Crippen molar-refractivity contribution in [1.29, 1.82) is 0 Å². The van der Waals surface area contributed by atoms with Gasteiger partial charge in [-0.05, 0) is 74.2 Å². The van der Waals surface area contributed by atoms with Crippen molar-refractivity contribution in [2.24, 2.45) is 0 Å². The van der Waals surface area contributed by atoms with E-state index in [-0.39, 0.29) is 24.4 Å². The molecule has 1 aliphatic carbocycles. The molecule has 6 nitrogen and oxygen atoms in total. The van der Waals surface area contributed by atoms with Gasteiger partial charge in [0.25, 0.3) is 0 Å². The van der Waals surface area contributed by atoms with Crippen molar-refractivity contribution in [2.75, 3.05) is 10.6 Å². The first kappa shape index (κ1) is 27.5. The Morgan fingerprint density at radius 3 is 2.38 bits per heavy atom. The van der Waals surface area contributed by atoms with Crippen LogP contribution in [0.3, 0.4) is 0 Å². The lowest BCUT2D eigenvalue weighted by Gasteiger charge is -2.30. The molecule has 0 atom stereocenters. The molecular weight excluding hydrogens is 595 g/mol. The van der Waals surface area contributed by atoms with Gasteiger partial charge in [-0.3, -0.25) is 0 Å². The minimum absolute atomic E-state index is 0.185. The zero-order valence-electron chi connectivity index (χ0n) is 20.7. The molecule has 1 heterocycles. The topological polar surface area (TPSA) is 71.1 Å². The fourth-order valence-corrected chi connectivity index (χ4v) is 5.15. The predicted molar refractivity (Wildman–Crippen MR) is 152 cm³/mol. The molecule has 0 spiro atoms. The van der Waals surface area contributed by atoms with Crippen molar-refractivity contribution in [3.8, 4) is 5.75 Å². The van der Waals surface area contributed by atoms with Crippen LogP contribution >= 0.6 is 27.5 Å². The van der Waals surface area contributed by atoms with Crippen LogP contribution in [0.1, 0.15) is 31.2 Å². The van der Waals surface area contributed by atoms with Gasteiger partial charge in [-0.25, -0.2) is 4.98 Å². The maximum atomic E-state index is 12.8. The molecule has 0 saturated heterocycles. The summed E-state index contributed by atoms with van der Waals surface area (Å²) >= 11 is 9.23. The van der Waals surface area contributed by atoms with E-state index >= 15 is 0 Å². The van der Waals surface area contributed by atoms with Crippen LogP contribution < -0.4 is 20.7 Å². The number of nitrogens with zero attached hydrogens (tertiary/aromatic N) is 2. The average Bonchev–Trinajstić information content (AvgIpc) is 2.89. The zero-order valence-corrected chi connectivity index (χ0v) is 23.1. The van der Waals surface area contributed by atoms with Gasteiger partial charge < -0.3 is 20.7 Å². The van der Waals surface area contributed by atoms with Crippen LogP contribution in [-0.4, -0.2) is 28.4 Å². The summed E-state index contributed by atoms with van der Waals surface area (Å²) in [6.07, 6.45) is -1.26. The molecule has 3 aromatic carbocycles. The SMILES string of the molecule is FC(F)(F)Oc1cc(Br)ccc1CN[C@H]1CC[C@@H](Nc2nc(Nc3ccc(Cl)cc3)c3ccccc3n2)CC1. The Bertz CT molecular complexity index is 1430. The molecule has 0 radical (unpaired) electrons. The largest absolute Gasteiger partial charge is 0.573 e. The van der Waals surface area contributed by atoms with E-state index in [2.05, 4.69) is 36.6 Å². The van der Waals surface area contributed by atoms with E-state index < -0.39 is 6.36 Å². The number of halogens is 5. The fraction of sp³-hybridized carbons (Fsp3) is 0.286. The number of aromatic nitrogens is 2. The lowest BCUT2D eigenvalue weighted by Crippen LogP contribution is -2.37. The summed E-state index contributed by atoms with van der Waals surface area (Å²) in [5.41, 5.74) is 2.16. The highest BCUT2D eigenvalue weighted by Gasteiger charge is 2.32. The van der Waals surface area contributed by atoms with Crippen LogP contribution in [0.25, 0.3) is 10.9 Å². The van der Waals surface area contributed by atoms with Crippen LogP contribution in [-0.2, 0) is 6.54 Å². The molecule has 39 heavy (non-hydrogen) atoms. The summed E-state index contributed by atoms with van der Waals surface area (Å²) in [6, 6.07) is 20.3. The molecule has 0 unspecified atom stereocenters. The van der Waals surface area contributed by atoms with E-state index in [1.54, 1.807) is 12.1 Å². The molecule has 1 fully saturated rings. The van der Waals surface area contributed by atoms with Crippen molar-refractivity contribution in [2.45, 2.75) is 50.7 Å². The number of ether oxygens (including phenoxy) is 1. The molecule has 1 aromatic heterocycles. The maximum Gasteiger partial charge on any atom is 0.573 e. The number of fused-ring (bicyclic) bond motifs is 1. The van der Waals surface area contributed by atoms with Gasteiger partial charge in [0.1, 0.15) is 11.6 Å². The molecule has 1 aliphatic rings. The lowest BCUT2D eigenvalue weighted by atomic mass is 9.91. The third-order valence-electron chi connectivity index (χ3n) is 6.61. The molecule has 0 amide bonds. The minimum atomic E-state index is -4.74. The van der Waals surface area contributed by atoms with E-state index in [4.69, 9.17) is 21.6 Å². The van der Waals surface area contributed by atoms with E-state index in [1.807, 2.05) is 48.5 Å². The van der Waals surface area contributed by atoms with Gasteiger partial charge in [-0.15, -0.1) is 13.2 Å². The molecular formula is C28H26BrClF3N5O. The summed E-state index contributed by atoms with van der Waals surface area (Å²) in [7, 11) is 0. The predicted octanol–water partition coefficient (Wildman–Crippen LogP) is 8.20. The van der Waals surface area contributed by atoms with Gasteiger partial charge in [0.05, 0.1) is 5.52 Å². The fourth-order valence-electron chi connectivity index (χ4n) is 4.68. The second-order valence-corrected chi connectivity index (χ2v) is 10.8. The summed E-state index contributed by atoms with van der Waals surface area (Å²) in [5.74, 6) is 1.05. The monoisotopic (exact) mass is 619 g/mol. The van der Waals surface area contributed by atoms with Crippen molar-refractivity contribution in [3.63, 3.8) is 0 Å². The summed E-state index contributed by atoms with van der Waals surface area (Å²) in [5, 5.41) is 11.8. The number of hydrogen-bond acceptors (Lipinski definition) is 6. The summed E-state index contributed by atoms with van der Waals surface area (Å²) < 4.78 is 43.2. The van der Waals surface area contributed by atoms with Crippen LogP contribution in [0, 0.1) is 0 Å². The van der Waals surface area contributed by atoms with E-state index in [9.17, 15) is 13.2 Å². The highest BCUT2D eigenvalue weighted by Crippen LogP contribution is 2.31. The Morgan fingerprint density at radius 2 is 1.64 bits per heavy atom. The van der Waals surface area contributed by atoms with Crippen molar-refractivity contribution in [1.82, 2.24) is 15.3 Å². The molecule has 0 aliphatic heterocycles. The Labute approximate surface area is 237 Å². The van der Waals surface area contributed by atoms with Crippen molar-refractivity contribution < 1.29 is 17.9 Å².